The van der Waals surface area contributed by atoms with E-state index in [9.17, 15) is 14.0 Å². The van der Waals surface area contributed by atoms with E-state index in [2.05, 4.69) is 21.2 Å². The van der Waals surface area contributed by atoms with Crippen molar-refractivity contribution in [1.82, 2.24) is 15.8 Å². The number of aromatic nitrogens is 1. The molecule has 1 aromatic carbocycles. The molecule has 142 valence electrons. The highest BCUT2D eigenvalue weighted by molar-refractivity contribution is 5.99. The van der Waals surface area contributed by atoms with Crippen LogP contribution in [0.1, 0.15) is 23.7 Å². The number of nitrogens with zero attached hydrogens (tertiary/aromatic N) is 1. The highest BCUT2D eigenvalue weighted by atomic mass is 19.1. The Bertz CT molecular complexity index is 876. The Morgan fingerprint density at radius 2 is 2.07 bits per heavy atom. The molecule has 2 heterocycles. The van der Waals surface area contributed by atoms with E-state index in [-0.39, 0.29) is 18.2 Å². The van der Waals surface area contributed by atoms with Gasteiger partial charge in [0.2, 0.25) is 12.7 Å². The number of fused-ring (bicyclic) bond motifs is 1. The third kappa shape index (κ3) is 4.23. The standard InChI is InChI=1S/C17H18FN5O4/c1-2-12(15(19)24)22-23-17(25)11-5-9(18)7-20-16(11)21-10-3-4-13-14(6-10)27-8-26-13/h3-7,12,22H,2,8H2,1H3,(H2,19,24)(H,20,21)(H,23,25). The molecule has 0 spiro atoms. The van der Waals surface area contributed by atoms with Crippen molar-refractivity contribution in [2.75, 3.05) is 12.1 Å². The second-order valence-corrected chi connectivity index (χ2v) is 5.70. The Morgan fingerprint density at radius 3 is 2.81 bits per heavy atom. The predicted molar refractivity (Wildman–Crippen MR) is 93.9 cm³/mol. The zero-order chi connectivity index (χ0) is 19.4. The van der Waals surface area contributed by atoms with Crippen LogP contribution in [0.3, 0.4) is 0 Å². The molecule has 2 amide bonds. The first-order chi connectivity index (χ1) is 13.0. The van der Waals surface area contributed by atoms with Gasteiger partial charge >= 0.3 is 0 Å². The smallest absolute Gasteiger partial charge is 0.269 e. The summed E-state index contributed by atoms with van der Waals surface area (Å²) >= 11 is 0. The highest BCUT2D eigenvalue weighted by Crippen LogP contribution is 2.35. The minimum Gasteiger partial charge on any atom is -0.454 e. The van der Waals surface area contributed by atoms with Crippen LogP contribution >= 0.6 is 0 Å². The summed E-state index contributed by atoms with van der Waals surface area (Å²) < 4.78 is 24.2. The summed E-state index contributed by atoms with van der Waals surface area (Å²) in [7, 11) is 0. The van der Waals surface area contributed by atoms with Crippen molar-refractivity contribution in [1.29, 1.82) is 0 Å². The topological polar surface area (TPSA) is 128 Å². The van der Waals surface area contributed by atoms with Crippen LogP contribution in [0.2, 0.25) is 0 Å². The van der Waals surface area contributed by atoms with E-state index in [1.165, 1.54) is 0 Å². The molecule has 1 unspecified atom stereocenters. The normalized spacial score (nSPS) is 13.1. The first kappa shape index (κ1) is 18.4. The van der Waals surface area contributed by atoms with Crippen LogP contribution in [0.25, 0.3) is 0 Å². The van der Waals surface area contributed by atoms with Gasteiger partial charge in [-0.25, -0.2) is 14.8 Å². The fourth-order valence-electron chi connectivity index (χ4n) is 2.42. The Balaban J connectivity index is 1.78. The minimum absolute atomic E-state index is 0.0560. The summed E-state index contributed by atoms with van der Waals surface area (Å²) in [5, 5.41) is 2.94. The fraction of sp³-hybridized carbons (Fsp3) is 0.235. The molecule has 10 heteroatoms. The van der Waals surface area contributed by atoms with Crippen molar-refractivity contribution in [3.8, 4) is 11.5 Å². The lowest BCUT2D eigenvalue weighted by Crippen LogP contribution is -2.50. The molecule has 0 bridgehead atoms. The molecule has 5 N–H and O–H groups in total. The number of anilines is 2. The van der Waals surface area contributed by atoms with E-state index in [1.54, 1.807) is 25.1 Å². The Hall–Kier alpha value is -3.40. The van der Waals surface area contributed by atoms with Gasteiger partial charge in [0.05, 0.1) is 11.8 Å². The van der Waals surface area contributed by atoms with Crippen molar-refractivity contribution >= 4 is 23.3 Å². The molecule has 27 heavy (non-hydrogen) atoms. The minimum atomic E-state index is -0.749. The molecule has 0 aliphatic carbocycles. The van der Waals surface area contributed by atoms with Crippen LogP contribution < -0.4 is 31.4 Å². The number of nitrogens with one attached hydrogen (secondary N) is 3. The summed E-state index contributed by atoms with van der Waals surface area (Å²) in [4.78, 5) is 27.6. The molecule has 1 atom stereocenters. The second-order valence-electron chi connectivity index (χ2n) is 5.70. The van der Waals surface area contributed by atoms with Crippen molar-refractivity contribution in [2.24, 2.45) is 5.73 Å². The third-order valence-electron chi connectivity index (χ3n) is 3.85. The number of benzene rings is 1. The van der Waals surface area contributed by atoms with Gasteiger partial charge in [-0.05, 0) is 24.6 Å². The van der Waals surface area contributed by atoms with E-state index < -0.39 is 23.7 Å². The number of carbonyl (C=O) groups excluding carboxylic acids is 2. The van der Waals surface area contributed by atoms with Crippen LogP contribution in [0, 0.1) is 5.82 Å². The summed E-state index contributed by atoms with van der Waals surface area (Å²) in [6.07, 6.45) is 1.36. The molecule has 2 aromatic rings. The molecule has 1 aromatic heterocycles. The summed E-state index contributed by atoms with van der Waals surface area (Å²) in [6, 6.07) is 5.37. The third-order valence-corrected chi connectivity index (χ3v) is 3.85. The lowest BCUT2D eigenvalue weighted by atomic mass is 10.2. The van der Waals surface area contributed by atoms with E-state index in [1.807, 2.05) is 0 Å². The number of primary amides is 1. The molecule has 1 aliphatic rings. The lowest BCUT2D eigenvalue weighted by molar-refractivity contribution is -0.120. The number of ether oxygens (including phenoxy) is 2. The van der Waals surface area contributed by atoms with Crippen LogP contribution in [-0.2, 0) is 4.79 Å². The molecule has 9 nitrogen and oxygen atoms in total. The van der Waals surface area contributed by atoms with Crippen LogP contribution in [0.15, 0.2) is 30.5 Å². The van der Waals surface area contributed by atoms with Gasteiger partial charge < -0.3 is 20.5 Å². The second kappa shape index (κ2) is 7.87. The van der Waals surface area contributed by atoms with Crippen molar-refractivity contribution < 1.29 is 23.5 Å². The van der Waals surface area contributed by atoms with E-state index in [0.717, 1.165) is 12.3 Å². The number of nitrogens with two attached hydrogens (primary N) is 1. The number of carbonyl (C=O) groups is 2. The quantitative estimate of drug-likeness (QED) is 0.535. The zero-order valence-corrected chi connectivity index (χ0v) is 14.4. The molecule has 3 rings (SSSR count). The molecule has 1 aliphatic heterocycles. The maximum Gasteiger partial charge on any atom is 0.269 e. The Morgan fingerprint density at radius 1 is 1.30 bits per heavy atom. The van der Waals surface area contributed by atoms with Gasteiger partial charge in [-0.2, -0.15) is 0 Å². The predicted octanol–water partition coefficient (Wildman–Crippen LogP) is 1.19. The van der Waals surface area contributed by atoms with E-state index in [0.29, 0.717) is 23.6 Å². The molecular weight excluding hydrogens is 357 g/mol. The number of amides is 2. The van der Waals surface area contributed by atoms with Crippen molar-refractivity contribution in [3.63, 3.8) is 0 Å². The lowest BCUT2D eigenvalue weighted by Gasteiger charge is -2.16. The van der Waals surface area contributed by atoms with Gasteiger partial charge in [-0.15, -0.1) is 0 Å². The van der Waals surface area contributed by atoms with Gasteiger partial charge in [-0.3, -0.25) is 15.0 Å². The first-order valence-electron chi connectivity index (χ1n) is 8.15. The number of halogens is 1. The summed E-state index contributed by atoms with van der Waals surface area (Å²) in [6.45, 7) is 1.86. The van der Waals surface area contributed by atoms with Gasteiger partial charge in [0.25, 0.3) is 5.91 Å². The van der Waals surface area contributed by atoms with Crippen LogP contribution in [0.4, 0.5) is 15.9 Å². The van der Waals surface area contributed by atoms with Gasteiger partial charge in [0.1, 0.15) is 17.7 Å². The van der Waals surface area contributed by atoms with Gasteiger partial charge in [-0.1, -0.05) is 6.92 Å². The summed E-state index contributed by atoms with van der Waals surface area (Å²) in [5.74, 6) is -0.701. The monoisotopic (exact) mass is 375 g/mol. The summed E-state index contributed by atoms with van der Waals surface area (Å²) in [5.41, 5.74) is 10.6. The molecule has 0 radical (unpaired) electrons. The number of hydrazine groups is 1. The van der Waals surface area contributed by atoms with E-state index >= 15 is 0 Å². The van der Waals surface area contributed by atoms with Gasteiger partial charge in [0, 0.05) is 11.8 Å². The SMILES string of the molecule is CCC(NNC(=O)c1cc(F)cnc1Nc1ccc2c(c1)OCO2)C(N)=O. The number of hydrogen-bond donors (Lipinski definition) is 4. The van der Waals surface area contributed by atoms with Gasteiger partial charge in [0.15, 0.2) is 11.5 Å². The Kier molecular flexibility index (Phi) is 5.36. The highest BCUT2D eigenvalue weighted by Gasteiger charge is 2.19. The van der Waals surface area contributed by atoms with E-state index in [4.69, 9.17) is 15.2 Å². The molecule has 0 fully saturated rings. The molecular formula is C17H18FN5O4. The van der Waals surface area contributed by atoms with Crippen LogP contribution in [-0.4, -0.2) is 29.6 Å². The number of hydrogen-bond acceptors (Lipinski definition) is 7. The maximum atomic E-state index is 13.6. The average Bonchev–Trinajstić information content (AvgIpc) is 3.11. The number of pyridine rings is 1. The Labute approximate surface area is 154 Å². The van der Waals surface area contributed by atoms with Crippen LogP contribution in [0.5, 0.6) is 11.5 Å². The molecule has 0 saturated carbocycles. The van der Waals surface area contributed by atoms with Crippen molar-refractivity contribution in [2.45, 2.75) is 19.4 Å². The average molecular weight is 375 g/mol. The first-order valence-corrected chi connectivity index (χ1v) is 8.15. The number of rotatable bonds is 7. The maximum absolute atomic E-state index is 13.6. The fourth-order valence-corrected chi connectivity index (χ4v) is 2.42. The molecule has 0 saturated heterocycles. The zero-order valence-electron chi connectivity index (χ0n) is 14.4. The van der Waals surface area contributed by atoms with Crippen molar-refractivity contribution in [3.05, 3.63) is 41.8 Å². The largest absolute Gasteiger partial charge is 0.454 e.